The summed E-state index contributed by atoms with van der Waals surface area (Å²) in [5, 5.41) is 2.75. The fourth-order valence-electron chi connectivity index (χ4n) is 4.56. The molecule has 4 aromatic rings. The summed E-state index contributed by atoms with van der Waals surface area (Å²) in [7, 11) is 3.21. The Balaban J connectivity index is 1.51. The molecule has 0 saturated heterocycles. The molecule has 0 unspecified atom stereocenters. The first-order valence-corrected chi connectivity index (χ1v) is 12.1. The minimum Gasteiger partial charge on any atom is -0.493 e. The van der Waals surface area contributed by atoms with Crippen molar-refractivity contribution in [1.29, 1.82) is 0 Å². The Morgan fingerprint density at radius 2 is 1.91 bits per heavy atom. The molecule has 1 atom stereocenters. The van der Waals surface area contributed by atoms with E-state index in [-0.39, 0.29) is 18.6 Å². The van der Waals surface area contributed by atoms with Gasteiger partial charge in [0.25, 0.3) is 5.91 Å². The van der Waals surface area contributed by atoms with E-state index in [0.717, 1.165) is 22.1 Å². The molecule has 0 bridgehead atoms. The van der Waals surface area contributed by atoms with Crippen molar-refractivity contribution in [3.05, 3.63) is 85.9 Å². The van der Waals surface area contributed by atoms with Gasteiger partial charge in [-0.25, -0.2) is 4.79 Å². The topological polar surface area (TPSA) is 78.2 Å². The quantitative estimate of drug-likeness (QED) is 0.353. The minimum absolute atomic E-state index is 0.0332. The van der Waals surface area contributed by atoms with Crippen molar-refractivity contribution in [2.24, 2.45) is 0 Å². The Morgan fingerprint density at radius 1 is 1.11 bits per heavy atom. The highest BCUT2D eigenvalue weighted by atomic mass is 32.1. The molecule has 180 valence electrons. The SMILES string of the molecule is COc1cc2c(cc1OC)[C@H](COc1ccc3c(C)cc(=O)oc3c1)N(C(=O)c1cccs1)CC2. The molecule has 0 aliphatic carbocycles. The number of amides is 1. The van der Waals surface area contributed by atoms with E-state index in [0.29, 0.717) is 40.7 Å². The number of ether oxygens (including phenoxy) is 3. The number of carbonyl (C=O) groups is 1. The standard InChI is InChI=1S/C27H25NO6S/c1-16-11-26(29)34-22-13-18(6-7-19(16)22)33-15-21-20-14-24(32-3)23(31-2)12-17(20)8-9-28(21)27(30)25-5-4-10-35-25/h4-7,10-14,21H,8-9,15H2,1-3H3/t21-/m0/s1. The van der Waals surface area contributed by atoms with E-state index in [4.69, 9.17) is 18.6 Å². The molecule has 2 aromatic heterocycles. The zero-order valence-electron chi connectivity index (χ0n) is 19.7. The minimum atomic E-state index is -0.401. The first-order chi connectivity index (χ1) is 17.0. The van der Waals surface area contributed by atoms with Gasteiger partial charge in [0.15, 0.2) is 11.5 Å². The van der Waals surface area contributed by atoms with E-state index in [9.17, 15) is 9.59 Å². The Bertz CT molecular complexity index is 1440. The number of fused-ring (bicyclic) bond motifs is 2. The molecule has 0 N–H and O–H groups in total. The number of aryl methyl sites for hydroxylation is 1. The van der Waals surface area contributed by atoms with E-state index < -0.39 is 5.63 Å². The van der Waals surface area contributed by atoms with E-state index in [1.165, 1.54) is 17.4 Å². The van der Waals surface area contributed by atoms with E-state index in [1.54, 1.807) is 20.3 Å². The average Bonchev–Trinajstić information content (AvgIpc) is 3.40. The maximum Gasteiger partial charge on any atom is 0.336 e. The average molecular weight is 492 g/mol. The van der Waals surface area contributed by atoms with Crippen LogP contribution in [0.4, 0.5) is 0 Å². The van der Waals surface area contributed by atoms with Crippen LogP contribution in [0.5, 0.6) is 17.2 Å². The van der Waals surface area contributed by atoms with Gasteiger partial charge in [0, 0.05) is 24.1 Å². The lowest BCUT2D eigenvalue weighted by molar-refractivity contribution is 0.0594. The maximum atomic E-state index is 13.4. The van der Waals surface area contributed by atoms with Crippen molar-refractivity contribution in [2.45, 2.75) is 19.4 Å². The molecule has 8 heteroatoms. The first kappa shape index (κ1) is 23.0. The van der Waals surface area contributed by atoms with Gasteiger partial charge in [-0.15, -0.1) is 11.3 Å². The lowest BCUT2D eigenvalue weighted by atomic mass is 9.92. The van der Waals surface area contributed by atoms with Crippen LogP contribution in [0, 0.1) is 6.92 Å². The van der Waals surface area contributed by atoms with Crippen molar-refractivity contribution < 1.29 is 23.4 Å². The molecule has 35 heavy (non-hydrogen) atoms. The monoisotopic (exact) mass is 491 g/mol. The Kier molecular flexibility index (Phi) is 6.21. The molecule has 1 aliphatic heterocycles. The van der Waals surface area contributed by atoms with Gasteiger partial charge in [-0.1, -0.05) is 6.07 Å². The molecular formula is C27H25NO6S. The van der Waals surface area contributed by atoms with Crippen molar-refractivity contribution >= 4 is 28.2 Å². The van der Waals surface area contributed by atoms with Crippen molar-refractivity contribution in [3.63, 3.8) is 0 Å². The molecule has 3 heterocycles. The second-order valence-electron chi connectivity index (χ2n) is 8.37. The Labute approximate surface area is 206 Å². The van der Waals surface area contributed by atoms with Gasteiger partial charge < -0.3 is 23.5 Å². The summed E-state index contributed by atoms with van der Waals surface area (Å²) in [6.07, 6.45) is 0.698. The number of rotatable bonds is 6. The van der Waals surface area contributed by atoms with Gasteiger partial charge in [0.05, 0.1) is 25.1 Å². The van der Waals surface area contributed by atoms with E-state index in [1.807, 2.05) is 53.6 Å². The van der Waals surface area contributed by atoms with Crippen LogP contribution in [-0.2, 0) is 6.42 Å². The predicted molar refractivity (Wildman–Crippen MR) is 134 cm³/mol. The summed E-state index contributed by atoms with van der Waals surface area (Å²) in [6, 6.07) is 14.2. The summed E-state index contributed by atoms with van der Waals surface area (Å²) >= 11 is 1.42. The number of benzene rings is 2. The molecule has 0 radical (unpaired) electrons. The molecule has 5 rings (SSSR count). The zero-order valence-corrected chi connectivity index (χ0v) is 20.5. The van der Waals surface area contributed by atoms with E-state index in [2.05, 4.69) is 0 Å². The smallest absolute Gasteiger partial charge is 0.336 e. The first-order valence-electron chi connectivity index (χ1n) is 11.2. The fraction of sp³-hybridized carbons (Fsp3) is 0.259. The summed E-state index contributed by atoms with van der Waals surface area (Å²) < 4.78 is 22.6. The number of nitrogens with zero attached hydrogens (tertiary/aromatic N) is 1. The van der Waals surface area contributed by atoms with Crippen LogP contribution in [-0.4, -0.2) is 38.2 Å². The summed E-state index contributed by atoms with van der Waals surface area (Å²) in [5.41, 5.74) is 2.96. The highest BCUT2D eigenvalue weighted by molar-refractivity contribution is 7.12. The van der Waals surface area contributed by atoms with Crippen LogP contribution in [0.3, 0.4) is 0 Å². The zero-order chi connectivity index (χ0) is 24.5. The molecule has 7 nitrogen and oxygen atoms in total. The molecule has 0 spiro atoms. The summed E-state index contributed by atoms with van der Waals surface area (Å²) in [4.78, 5) is 27.8. The Hall–Kier alpha value is -3.78. The lowest BCUT2D eigenvalue weighted by Gasteiger charge is -2.37. The van der Waals surface area contributed by atoms with Crippen LogP contribution in [0.25, 0.3) is 11.0 Å². The molecular weight excluding hydrogens is 466 g/mol. The van der Waals surface area contributed by atoms with Crippen molar-refractivity contribution in [2.75, 3.05) is 27.4 Å². The normalized spacial score (nSPS) is 15.1. The highest BCUT2D eigenvalue weighted by Gasteiger charge is 2.33. The molecule has 1 amide bonds. The third kappa shape index (κ3) is 4.37. The fourth-order valence-corrected chi connectivity index (χ4v) is 5.24. The van der Waals surface area contributed by atoms with Crippen LogP contribution >= 0.6 is 11.3 Å². The number of hydrogen-bond donors (Lipinski definition) is 0. The Morgan fingerprint density at radius 3 is 2.66 bits per heavy atom. The summed E-state index contributed by atoms with van der Waals surface area (Å²) in [5.74, 6) is 1.78. The largest absolute Gasteiger partial charge is 0.493 e. The van der Waals surface area contributed by atoms with Crippen LogP contribution in [0.1, 0.15) is 32.4 Å². The van der Waals surface area contributed by atoms with Gasteiger partial charge >= 0.3 is 5.63 Å². The molecule has 0 fully saturated rings. The number of thiophene rings is 1. The van der Waals surface area contributed by atoms with Gasteiger partial charge in [-0.3, -0.25) is 4.79 Å². The molecule has 1 aliphatic rings. The van der Waals surface area contributed by atoms with Gasteiger partial charge in [0.2, 0.25) is 0 Å². The van der Waals surface area contributed by atoms with Crippen LogP contribution in [0.2, 0.25) is 0 Å². The van der Waals surface area contributed by atoms with Crippen molar-refractivity contribution in [3.8, 4) is 17.2 Å². The number of carbonyl (C=O) groups excluding carboxylic acids is 1. The number of methoxy groups -OCH3 is 2. The molecule has 2 aromatic carbocycles. The van der Waals surface area contributed by atoms with Crippen molar-refractivity contribution in [1.82, 2.24) is 4.90 Å². The van der Waals surface area contributed by atoms with Crippen LogP contribution < -0.4 is 19.8 Å². The maximum absolute atomic E-state index is 13.4. The number of hydrogen-bond acceptors (Lipinski definition) is 7. The third-order valence-electron chi connectivity index (χ3n) is 6.33. The second kappa shape index (κ2) is 9.46. The third-order valence-corrected chi connectivity index (χ3v) is 7.18. The highest BCUT2D eigenvalue weighted by Crippen LogP contribution is 2.39. The van der Waals surface area contributed by atoms with Gasteiger partial charge in [-0.05, 0) is 65.7 Å². The summed E-state index contributed by atoms with van der Waals surface area (Å²) in [6.45, 7) is 2.65. The van der Waals surface area contributed by atoms with E-state index >= 15 is 0 Å². The lowest BCUT2D eigenvalue weighted by Crippen LogP contribution is -2.42. The second-order valence-corrected chi connectivity index (χ2v) is 9.31. The van der Waals surface area contributed by atoms with Crippen LogP contribution in [0.15, 0.2) is 63.1 Å². The van der Waals surface area contributed by atoms with Gasteiger partial charge in [-0.2, -0.15) is 0 Å². The van der Waals surface area contributed by atoms with Gasteiger partial charge in [0.1, 0.15) is 17.9 Å². The molecule has 0 saturated carbocycles. The predicted octanol–water partition coefficient (Wildman–Crippen LogP) is 5.00.